The Kier molecular flexibility index (Phi) is 1.90. The van der Waals surface area contributed by atoms with Crippen molar-refractivity contribution in [2.24, 2.45) is 0 Å². The summed E-state index contributed by atoms with van der Waals surface area (Å²) in [4.78, 5) is 10.6. The van der Waals surface area contributed by atoms with Gasteiger partial charge >= 0.3 is 0 Å². The van der Waals surface area contributed by atoms with Crippen LogP contribution in [0.15, 0.2) is 24.7 Å². The number of hydrogen-bond donors (Lipinski definition) is 1. The van der Waals surface area contributed by atoms with E-state index < -0.39 is 0 Å². The van der Waals surface area contributed by atoms with E-state index >= 15 is 0 Å². The van der Waals surface area contributed by atoms with Gasteiger partial charge in [-0.15, -0.1) is 16.4 Å². The lowest BCUT2D eigenvalue weighted by atomic mass is 10.3. The van der Waals surface area contributed by atoms with Gasteiger partial charge in [-0.05, 0) is 13.0 Å². The van der Waals surface area contributed by atoms with Crippen LogP contribution in [0.4, 0.5) is 5.82 Å². The molecular formula is C10H9N5S. The number of nitrogens with two attached hydrogens (primary N) is 1. The summed E-state index contributed by atoms with van der Waals surface area (Å²) >= 11 is 1.64. The average molecular weight is 231 g/mol. The largest absolute Gasteiger partial charge is 0.382 e. The van der Waals surface area contributed by atoms with Gasteiger partial charge in [0.1, 0.15) is 17.0 Å². The Morgan fingerprint density at radius 1 is 1.38 bits per heavy atom. The van der Waals surface area contributed by atoms with E-state index in [1.165, 1.54) is 4.88 Å². The highest BCUT2D eigenvalue weighted by Gasteiger charge is 2.09. The first-order valence-corrected chi connectivity index (χ1v) is 5.58. The second-order valence-electron chi connectivity index (χ2n) is 3.46. The first-order chi connectivity index (χ1) is 7.74. The maximum absolute atomic E-state index is 5.59. The summed E-state index contributed by atoms with van der Waals surface area (Å²) in [6.07, 6.45) is 3.34. The number of hydrogen-bond acceptors (Lipinski definition) is 5. The molecule has 80 valence electrons. The van der Waals surface area contributed by atoms with Crippen LogP contribution in [0, 0.1) is 6.92 Å². The van der Waals surface area contributed by atoms with Gasteiger partial charge in [0.05, 0.1) is 5.39 Å². The molecule has 0 saturated heterocycles. The van der Waals surface area contributed by atoms with Crippen LogP contribution in [0.25, 0.3) is 16.0 Å². The summed E-state index contributed by atoms with van der Waals surface area (Å²) in [5.41, 5.74) is 5.59. The zero-order chi connectivity index (χ0) is 11.1. The first kappa shape index (κ1) is 9.29. The minimum Gasteiger partial charge on any atom is -0.382 e. The van der Waals surface area contributed by atoms with Crippen molar-refractivity contribution in [2.45, 2.75) is 6.92 Å². The van der Waals surface area contributed by atoms with E-state index in [4.69, 9.17) is 5.73 Å². The van der Waals surface area contributed by atoms with Gasteiger partial charge in [-0.2, -0.15) is 0 Å². The number of fused-ring (bicyclic) bond motifs is 1. The highest BCUT2D eigenvalue weighted by molar-refractivity contribution is 7.18. The molecule has 3 aromatic rings. The van der Waals surface area contributed by atoms with Crippen LogP contribution in [0.2, 0.25) is 0 Å². The van der Waals surface area contributed by atoms with Gasteiger partial charge in [0.25, 0.3) is 0 Å². The molecular weight excluding hydrogens is 222 g/mol. The third-order valence-corrected chi connectivity index (χ3v) is 3.22. The Balaban J connectivity index is 2.30. The average Bonchev–Trinajstić information content (AvgIpc) is 2.82. The summed E-state index contributed by atoms with van der Waals surface area (Å²) in [7, 11) is 0. The van der Waals surface area contributed by atoms with E-state index in [2.05, 4.69) is 21.1 Å². The van der Waals surface area contributed by atoms with Crippen LogP contribution in [-0.4, -0.2) is 19.7 Å². The van der Waals surface area contributed by atoms with Crippen LogP contribution in [-0.2, 0) is 0 Å². The Morgan fingerprint density at radius 3 is 3.00 bits per heavy atom. The summed E-state index contributed by atoms with van der Waals surface area (Å²) in [5.74, 6) is 1.25. The smallest absolute Gasteiger partial charge is 0.165 e. The molecule has 0 unspecified atom stereocenters. The van der Waals surface area contributed by atoms with E-state index in [0.717, 1.165) is 16.0 Å². The first-order valence-electron chi connectivity index (χ1n) is 4.77. The SMILES string of the molecule is Cc1cc2c(-n3ccc(N)n3)ncnc2s1. The molecule has 5 nitrogen and oxygen atoms in total. The van der Waals surface area contributed by atoms with Gasteiger partial charge in [-0.25, -0.2) is 14.6 Å². The lowest BCUT2D eigenvalue weighted by molar-refractivity contribution is 0.856. The second-order valence-corrected chi connectivity index (χ2v) is 4.69. The molecule has 3 heterocycles. The molecule has 0 aliphatic carbocycles. The number of nitrogens with zero attached hydrogens (tertiary/aromatic N) is 4. The van der Waals surface area contributed by atoms with Crippen LogP contribution in [0.5, 0.6) is 0 Å². The lowest BCUT2D eigenvalue weighted by Crippen LogP contribution is -1.99. The Morgan fingerprint density at radius 2 is 2.25 bits per heavy atom. The van der Waals surface area contributed by atoms with Crippen molar-refractivity contribution < 1.29 is 0 Å². The number of anilines is 1. The third-order valence-electron chi connectivity index (χ3n) is 2.26. The number of thiophene rings is 1. The van der Waals surface area contributed by atoms with E-state index in [0.29, 0.717) is 5.82 Å². The van der Waals surface area contributed by atoms with Crippen molar-refractivity contribution in [1.29, 1.82) is 0 Å². The number of nitrogen functional groups attached to an aromatic ring is 1. The van der Waals surface area contributed by atoms with Gasteiger partial charge in [-0.3, -0.25) is 0 Å². The highest BCUT2D eigenvalue weighted by Crippen LogP contribution is 2.26. The monoisotopic (exact) mass is 231 g/mol. The number of aromatic nitrogens is 4. The predicted molar refractivity (Wildman–Crippen MR) is 63.7 cm³/mol. The molecule has 3 aromatic heterocycles. The predicted octanol–water partition coefficient (Wildman–Crippen LogP) is 1.77. The molecule has 16 heavy (non-hydrogen) atoms. The normalized spacial score (nSPS) is 11.1. The third kappa shape index (κ3) is 1.35. The Hall–Kier alpha value is -1.95. The zero-order valence-electron chi connectivity index (χ0n) is 8.58. The maximum Gasteiger partial charge on any atom is 0.165 e. The fourth-order valence-corrected chi connectivity index (χ4v) is 2.44. The topological polar surface area (TPSA) is 69.6 Å². The van der Waals surface area contributed by atoms with Crippen molar-refractivity contribution in [1.82, 2.24) is 19.7 Å². The molecule has 0 amide bonds. The minimum absolute atomic E-state index is 0.485. The van der Waals surface area contributed by atoms with Crippen LogP contribution >= 0.6 is 11.3 Å². The lowest BCUT2D eigenvalue weighted by Gasteiger charge is -2.00. The highest BCUT2D eigenvalue weighted by atomic mass is 32.1. The minimum atomic E-state index is 0.485. The number of aryl methyl sites for hydroxylation is 1. The molecule has 0 aliphatic heterocycles. The van der Waals surface area contributed by atoms with Gasteiger partial charge < -0.3 is 5.73 Å². The Bertz CT molecular complexity index is 654. The molecule has 0 spiro atoms. The molecule has 0 aliphatic rings. The molecule has 6 heteroatoms. The summed E-state index contributed by atoms with van der Waals surface area (Å²) in [6.45, 7) is 2.05. The maximum atomic E-state index is 5.59. The van der Waals surface area contributed by atoms with E-state index in [9.17, 15) is 0 Å². The molecule has 3 rings (SSSR count). The fourth-order valence-electron chi connectivity index (χ4n) is 1.60. The number of rotatable bonds is 1. The summed E-state index contributed by atoms with van der Waals surface area (Å²) in [6, 6.07) is 3.81. The van der Waals surface area contributed by atoms with Gasteiger partial charge in [0.2, 0.25) is 0 Å². The van der Waals surface area contributed by atoms with Crippen molar-refractivity contribution in [3.05, 3.63) is 29.5 Å². The van der Waals surface area contributed by atoms with Crippen molar-refractivity contribution in [3.63, 3.8) is 0 Å². The standard InChI is InChI=1S/C10H9N5S/c1-6-4-7-9(12-5-13-10(7)16-6)15-3-2-8(11)14-15/h2-5H,1H3,(H2,11,14). The van der Waals surface area contributed by atoms with Crippen molar-refractivity contribution in [3.8, 4) is 5.82 Å². The van der Waals surface area contributed by atoms with Crippen LogP contribution < -0.4 is 5.73 Å². The van der Waals surface area contributed by atoms with Gasteiger partial charge in [0.15, 0.2) is 5.82 Å². The zero-order valence-corrected chi connectivity index (χ0v) is 9.40. The fraction of sp³-hybridized carbons (Fsp3) is 0.100. The van der Waals surface area contributed by atoms with E-state index in [1.807, 2.05) is 6.92 Å². The quantitative estimate of drug-likeness (QED) is 0.693. The van der Waals surface area contributed by atoms with Crippen LogP contribution in [0.3, 0.4) is 0 Å². The molecule has 0 radical (unpaired) electrons. The molecule has 0 bridgehead atoms. The van der Waals surface area contributed by atoms with Crippen LogP contribution in [0.1, 0.15) is 4.88 Å². The van der Waals surface area contributed by atoms with Crippen molar-refractivity contribution >= 4 is 27.4 Å². The Labute approximate surface area is 95.6 Å². The van der Waals surface area contributed by atoms with Gasteiger partial charge in [-0.1, -0.05) is 0 Å². The molecule has 0 fully saturated rings. The second kappa shape index (κ2) is 3.28. The molecule has 0 saturated carbocycles. The van der Waals surface area contributed by atoms with E-state index in [-0.39, 0.29) is 0 Å². The summed E-state index contributed by atoms with van der Waals surface area (Å²) in [5, 5.41) is 5.16. The molecule has 0 atom stereocenters. The summed E-state index contributed by atoms with van der Waals surface area (Å²) < 4.78 is 1.67. The molecule has 2 N–H and O–H groups in total. The molecule has 0 aromatic carbocycles. The van der Waals surface area contributed by atoms with Gasteiger partial charge in [0, 0.05) is 17.1 Å². The van der Waals surface area contributed by atoms with Crippen molar-refractivity contribution in [2.75, 3.05) is 5.73 Å². The van der Waals surface area contributed by atoms with E-state index in [1.54, 1.807) is 34.6 Å².